The van der Waals surface area contributed by atoms with Crippen LogP contribution in [0.4, 0.5) is 0 Å². The highest BCUT2D eigenvalue weighted by atomic mass is 79.9. The first-order valence-electron chi connectivity index (χ1n) is 6.72. The fraction of sp³-hybridized carbons (Fsp3) is 0.467. The van der Waals surface area contributed by atoms with Crippen molar-refractivity contribution in [2.75, 3.05) is 6.54 Å². The molecule has 106 valence electrons. The van der Waals surface area contributed by atoms with Crippen LogP contribution in [0.2, 0.25) is 0 Å². The third-order valence-corrected chi connectivity index (χ3v) is 3.88. The molecule has 5 heteroatoms. The van der Waals surface area contributed by atoms with Gasteiger partial charge in [0.1, 0.15) is 5.75 Å². The zero-order chi connectivity index (χ0) is 14.5. The highest BCUT2D eigenvalue weighted by Gasteiger charge is 2.34. The molecule has 0 saturated heterocycles. The van der Waals surface area contributed by atoms with E-state index in [4.69, 9.17) is 10.00 Å². The van der Waals surface area contributed by atoms with Crippen molar-refractivity contribution in [3.8, 4) is 11.8 Å². The van der Waals surface area contributed by atoms with Crippen LogP contribution in [-0.4, -0.2) is 29.5 Å². The lowest BCUT2D eigenvalue weighted by atomic mass is 10.3. The minimum Gasteiger partial charge on any atom is -0.480 e. The first-order valence-corrected chi connectivity index (χ1v) is 7.51. The third-order valence-electron chi connectivity index (χ3n) is 3.22. The molecule has 0 aromatic heterocycles. The molecule has 20 heavy (non-hydrogen) atoms. The Balaban J connectivity index is 2.00. The van der Waals surface area contributed by atoms with Crippen LogP contribution in [0.1, 0.15) is 26.2 Å². The van der Waals surface area contributed by atoms with Gasteiger partial charge in [0.05, 0.1) is 17.0 Å². The van der Waals surface area contributed by atoms with E-state index in [1.165, 1.54) is 0 Å². The number of hydrogen-bond donors (Lipinski definition) is 0. The Morgan fingerprint density at radius 1 is 1.55 bits per heavy atom. The number of benzene rings is 1. The summed E-state index contributed by atoms with van der Waals surface area (Å²) >= 11 is 3.40. The van der Waals surface area contributed by atoms with Crippen LogP contribution in [0.3, 0.4) is 0 Å². The van der Waals surface area contributed by atoms with Crippen molar-refractivity contribution in [3.05, 3.63) is 28.7 Å². The number of ether oxygens (including phenoxy) is 1. The summed E-state index contributed by atoms with van der Waals surface area (Å²) < 4.78 is 6.55. The van der Waals surface area contributed by atoms with Crippen LogP contribution in [0, 0.1) is 11.3 Å². The first kappa shape index (κ1) is 14.9. The van der Waals surface area contributed by atoms with Crippen molar-refractivity contribution in [2.24, 2.45) is 0 Å². The minimum atomic E-state index is -0.548. The average Bonchev–Trinajstić information content (AvgIpc) is 3.26. The number of para-hydroxylation sites is 1. The van der Waals surface area contributed by atoms with E-state index >= 15 is 0 Å². The Hall–Kier alpha value is -1.54. The van der Waals surface area contributed by atoms with Gasteiger partial charge in [0.15, 0.2) is 6.10 Å². The number of halogens is 1. The Morgan fingerprint density at radius 2 is 2.25 bits per heavy atom. The zero-order valence-corrected chi connectivity index (χ0v) is 13.0. The number of rotatable bonds is 6. The van der Waals surface area contributed by atoms with Crippen molar-refractivity contribution in [3.63, 3.8) is 0 Å². The van der Waals surface area contributed by atoms with Crippen molar-refractivity contribution in [1.82, 2.24) is 4.90 Å². The molecule has 0 heterocycles. The van der Waals surface area contributed by atoms with E-state index in [0.29, 0.717) is 24.8 Å². The lowest BCUT2D eigenvalue weighted by Crippen LogP contribution is -2.42. The number of carbonyl (C=O) groups is 1. The molecule has 1 aromatic carbocycles. The van der Waals surface area contributed by atoms with E-state index in [0.717, 1.165) is 17.3 Å². The van der Waals surface area contributed by atoms with Crippen LogP contribution < -0.4 is 4.74 Å². The molecule has 1 atom stereocenters. The van der Waals surface area contributed by atoms with Gasteiger partial charge in [-0.2, -0.15) is 5.26 Å². The summed E-state index contributed by atoms with van der Waals surface area (Å²) in [6.45, 7) is 2.24. The summed E-state index contributed by atoms with van der Waals surface area (Å²) in [6.07, 6.45) is 1.87. The van der Waals surface area contributed by atoms with Gasteiger partial charge in [-0.1, -0.05) is 12.1 Å². The highest BCUT2D eigenvalue weighted by molar-refractivity contribution is 9.10. The second-order valence-corrected chi connectivity index (χ2v) is 5.72. The van der Waals surface area contributed by atoms with E-state index < -0.39 is 6.10 Å². The molecule has 0 bridgehead atoms. The molecule has 1 amide bonds. The summed E-state index contributed by atoms with van der Waals surface area (Å²) in [4.78, 5) is 14.2. The van der Waals surface area contributed by atoms with Crippen LogP contribution in [0.15, 0.2) is 28.7 Å². The molecule has 1 unspecified atom stereocenters. The smallest absolute Gasteiger partial charge is 0.263 e. The van der Waals surface area contributed by atoms with Crippen LogP contribution in [-0.2, 0) is 4.79 Å². The minimum absolute atomic E-state index is 0.0431. The molecule has 1 saturated carbocycles. The molecule has 1 aromatic rings. The van der Waals surface area contributed by atoms with Gasteiger partial charge < -0.3 is 9.64 Å². The van der Waals surface area contributed by atoms with Gasteiger partial charge in [-0.25, -0.2) is 0 Å². The molecular weight excluding hydrogens is 320 g/mol. The molecule has 2 rings (SSSR count). The van der Waals surface area contributed by atoms with E-state index in [-0.39, 0.29) is 5.91 Å². The topological polar surface area (TPSA) is 53.3 Å². The van der Waals surface area contributed by atoms with E-state index in [1.54, 1.807) is 11.8 Å². The van der Waals surface area contributed by atoms with E-state index in [9.17, 15) is 4.79 Å². The van der Waals surface area contributed by atoms with Crippen molar-refractivity contribution in [2.45, 2.75) is 38.3 Å². The predicted octanol–water partition coefficient (Wildman–Crippen LogP) is 3.12. The maximum absolute atomic E-state index is 12.4. The van der Waals surface area contributed by atoms with Crippen LogP contribution in [0.5, 0.6) is 5.75 Å². The summed E-state index contributed by atoms with van der Waals surface area (Å²) in [6, 6.07) is 9.85. The van der Waals surface area contributed by atoms with Gasteiger partial charge in [0.25, 0.3) is 5.91 Å². The molecule has 0 spiro atoms. The maximum Gasteiger partial charge on any atom is 0.263 e. The largest absolute Gasteiger partial charge is 0.480 e. The van der Waals surface area contributed by atoms with Gasteiger partial charge in [-0.15, -0.1) is 0 Å². The lowest BCUT2D eigenvalue weighted by molar-refractivity contribution is -0.138. The lowest BCUT2D eigenvalue weighted by Gasteiger charge is -2.25. The van der Waals surface area contributed by atoms with Gasteiger partial charge >= 0.3 is 0 Å². The quantitative estimate of drug-likeness (QED) is 0.801. The summed E-state index contributed by atoms with van der Waals surface area (Å²) in [5, 5.41) is 8.68. The number of nitriles is 1. The van der Waals surface area contributed by atoms with E-state index in [2.05, 4.69) is 22.0 Å². The Morgan fingerprint density at radius 3 is 2.85 bits per heavy atom. The van der Waals surface area contributed by atoms with Crippen molar-refractivity contribution >= 4 is 21.8 Å². The number of hydrogen-bond acceptors (Lipinski definition) is 3. The fourth-order valence-electron chi connectivity index (χ4n) is 2.04. The highest BCUT2D eigenvalue weighted by Crippen LogP contribution is 2.29. The van der Waals surface area contributed by atoms with E-state index in [1.807, 2.05) is 24.3 Å². The molecular formula is C15H17BrN2O2. The maximum atomic E-state index is 12.4. The van der Waals surface area contributed by atoms with Crippen molar-refractivity contribution < 1.29 is 9.53 Å². The van der Waals surface area contributed by atoms with Crippen molar-refractivity contribution in [1.29, 1.82) is 5.26 Å². The third kappa shape index (κ3) is 3.73. The molecule has 0 radical (unpaired) electrons. The van der Waals surface area contributed by atoms with Gasteiger partial charge in [0.2, 0.25) is 0 Å². The molecule has 4 nitrogen and oxygen atoms in total. The number of nitrogens with zero attached hydrogens (tertiary/aromatic N) is 2. The standard InChI is InChI=1S/C15H17BrN2O2/c1-11(20-14-6-3-2-5-13(14)16)15(19)18(10-4-9-17)12-7-8-12/h2-3,5-6,11-12H,4,7-8,10H2,1H3. The summed E-state index contributed by atoms with van der Waals surface area (Å²) in [5.74, 6) is 0.614. The van der Waals surface area contributed by atoms with Gasteiger partial charge in [-0.3, -0.25) is 4.79 Å². The zero-order valence-electron chi connectivity index (χ0n) is 11.4. The fourth-order valence-corrected chi connectivity index (χ4v) is 2.42. The van der Waals surface area contributed by atoms with Gasteiger partial charge in [-0.05, 0) is 47.8 Å². The second-order valence-electron chi connectivity index (χ2n) is 4.86. The second kappa shape index (κ2) is 6.76. The normalized spacial score (nSPS) is 15.2. The Labute approximate surface area is 127 Å². The van der Waals surface area contributed by atoms with Crippen LogP contribution in [0.25, 0.3) is 0 Å². The Bertz CT molecular complexity index is 523. The Kier molecular flexibility index (Phi) is 5.02. The summed E-state index contributed by atoms with van der Waals surface area (Å²) in [7, 11) is 0. The van der Waals surface area contributed by atoms with Crippen LogP contribution >= 0.6 is 15.9 Å². The molecule has 0 aliphatic heterocycles. The number of amides is 1. The average molecular weight is 337 g/mol. The monoisotopic (exact) mass is 336 g/mol. The van der Waals surface area contributed by atoms with Gasteiger partial charge in [0, 0.05) is 12.6 Å². The predicted molar refractivity (Wildman–Crippen MR) is 79.2 cm³/mol. The molecule has 0 N–H and O–H groups in total. The SMILES string of the molecule is CC(Oc1ccccc1Br)C(=O)N(CCC#N)C1CC1. The molecule has 1 aliphatic carbocycles. The molecule has 1 aliphatic rings. The number of carbonyl (C=O) groups excluding carboxylic acids is 1. The molecule has 1 fully saturated rings. The first-order chi connectivity index (χ1) is 9.63. The summed E-state index contributed by atoms with van der Waals surface area (Å²) in [5.41, 5.74) is 0.